The van der Waals surface area contributed by atoms with Crippen molar-refractivity contribution in [3.05, 3.63) is 35.4 Å². The van der Waals surface area contributed by atoms with E-state index in [1.165, 1.54) is 12.8 Å². The molecule has 0 aromatic heterocycles. The summed E-state index contributed by atoms with van der Waals surface area (Å²) in [6, 6.07) is 7.98. The van der Waals surface area contributed by atoms with E-state index in [4.69, 9.17) is 0 Å². The molecule has 142 valence electrons. The molecule has 0 spiro atoms. The highest BCUT2D eigenvalue weighted by Gasteiger charge is 2.22. The SMILES string of the molecule is CCNC(=NCc1ccccc1CS(=O)(=O)NC(C)C)NC1CC1.I. The van der Waals surface area contributed by atoms with Crippen LogP contribution in [0.3, 0.4) is 0 Å². The Labute approximate surface area is 168 Å². The van der Waals surface area contributed by atoms with Crippen LogP contribution in [-0.2, 0) is 22.3 Å². The summed E-state index contributed by atoms with van der Waals surface area (Å²) in [5.74, 6) is 0.765. The Morgan fingerprint density at radius 2 is 1.88 bits per heavy atom. The standard InChI is InChI=1S/C17H28N4O2S.HI/c1-4-18-17(20-16-9-10-16)19-11-14-7-5-6-8-15(14)12-24(22,23)21-13(2)3;/h5-8,13,16,21H,4,9-12H2,1-3H3,(H2,18,19,20);1H. The molecule has 1 aromatic carbocycles. The molecule has 0 radical (unpaired) electrons. The second kappa shape index (κ2) is 10.3. The van der Waals surface area contributed by atoms with E-state index in [0.717, 1.165) is 23.6 Å². The molecule has 0 saturated heterocycles. The van der Waals surface area contributed by atoms with Crippen LogP contribution in [0.5, 0.6) is 0 Å². The normalized spacial score (nSPS) is 15.0. The molecule has 8 heteroatoms. The van der Waals surface area contributed by atoms with Crippen molar-refractivity contribution in [2.45, 2.75) is 58.0 Å². The van der Waals surface area contributed by atoms with Gasteiger partial charge in [-0.2, -0.15) is 0 Å². The van der Waals surface area contributed by atoms with Crippen molar-refractivity contribution in [1.82, 2.24) is 15.4 Å². The summed E-state index contributed by atoms with van der Waals surface area (Å²) < 4.78 is 27.0. The maximum atomic E-state index is 12.2. The zero-order valence-electron chi connectivity index (χ0n) is 15.1. The monoisotopic (exact) mass is 480 g/mol. The van der Waals surface area contributed by atoms with Gasteiger partial charge in [0.1, 0.15) is 0 Å². The summed E-state index contributed by atoms with van der Waals surface area (Å²) in [6.07, 6.45) is 2.36. The van der Waals surface area contributed by atoms with Gasteiger partial charge in [0.15, 0.2) is 5.96 Å². The summed E-state index contributed by atoms with van der Waals surface area (Å²) in [6.45, 7) is 6.92. The van der Waals surface area contributed by atoms with Crippen molar-refractivity contribution in [1.29, 1.82) is 0 Å². The van der Waals surface area contributed by atoms with Gasteiger partial charge in [-0.1, -0.05) is 24.3 Å². The molecular weight excluding hydrogens is 451 g/mol. The number of nitrogens with zero attached hydrogens (tertiary/aromatic N) is 1. The largest absolute Gasteiger partial charge is 0.357 e. The molecule has 25 heavy (non-hydrogen) atoms. The minimum atomic E-state index is -3.34. The average Bonchev–Trinajstić information content (AvgIpc) is 3.28. The highest BCUT2D eigenvalue weighted by Crippen LogP contribution is 2.18. The summed E-state index contributed by atoms with van der Waals surface area (Å²) in [4.78, 5) is 4.59. The van der Waals surface area contributed by atoms with Gasteiger partial charge in [0.2, 0.25) is 10.0 Å². The van der Waals surface area contributed by atoms with E-state index in [2.05, 4.69) is 20.3 Å². The predicted molar refractivity (Wildman–Crippen MR) is 114 cm³/mol. The minimum absolute atomic E-state index is 0. The lowest BCUT2D eigenvalue weighted by atomic mass is 10.1. The van der Waals surface area contributed by atoms with Crippen molar-refractivity contribution < 1.29 is 8.42 Å². The molecule has 0 amide bonds. The van der Waals surface area contributed by atoms with Gasteiger partial charge in [0.25, 0.3) is 0 Å². The molecule has 1 fully saturated rings. The Hall–Kier alpha value is -0.870. The van der Waals surface area contributed by atoms with Gasteiger partial charge in [-0.05, 0) is 44.7 Å². The van der Waals surface area contributed by atoms with Gasteiger partial charge in [-0.3, -0.25) is 0 Å². The number of hydrogen-bond donors (Lipinski definition) is 3. The molecule has 0 bridgehead atoms. The third-order valence-electron chi connectivity index (χ3n) is 3.55. The van der Waals surface area contributed by atoms with Crippen LogP contribution in [0.1, 0.15) is 44.7 Å². The summed E-state index contributed by atoms with van der Waals surface area (Å²) in [5, 5.41) is 6.59. The van der Waals surface area contributed by atoms with Crippen molar-refractivity contribution in [3.8, 4) is 0 Å². The second-order valence-electron chi connectivity index (χ2n) is 6.41. The molecular formula is C17H29IN4O2S. The van der Waals surface area contributed by atoms with E-state index in [9.17, 15) is 8.42 Å². The Morgan fingerprint density at radius 3 is 2.44 bits per heavy atom. The summed E-state index contributed by atoms with van der Waals surface area (Å²) in [7, 11) is -3.34. The van der Waals surface area contributed by atoms with Crippen LogP contribution in [0, 0.1) is 0 Å². The molecule has 1 aliphatic carbocycles. The van der Waals surface area contributed by atoms with Crippen molar-refractivity contribution in [2.75, 3.05) is 6.54 Å². The van der Waals surface area contributed by atoms with Gasteiger partial charge >= 0.3 is 0 Å². The smallest absolute Gasteiger partial charge is 0.216 e. The third kappa shape index (κ3) is 8.37. The average molecular weight is 480 g/mol. The molecule has 1 saturated carbocycles. The van der Waals surface area contributed by atoms with Crippen LogP contribution >= 0.6 is 24.0 Å². The summed E-state index contributed by atoms with van der Waals surface area (Å²) in [5.41, 5.74) is 1.72. The molecule has 0 unspecified atom stereocenters. The van der Waals surface area contributed by atoms with E-state index < -0.39 is 10.0 Å². The number of benzene rings is 1. The van der Waals surface area contributed by atoms with E-state index in [1.807, 2.05) is 45.0 Å². The molecule has 1 aromatic rings. The molecule has 3 N–H and O–H groups in total. The molecule has 0 heterocycles. The van der Waals surface area contributed by atoms with Gasteiger partial charge in [0, 0.05) is 18.6 Å². The van der Waals surface area contributed by atoms with Crippen LogP contribution in [0.2, 0.25) is 0 Å². The number of guanidine groups is 1. The minimum Gasteiger partial charge on any atom is -0.357 e. The van der Waals surface area contributed by atoms with Crippen LogP contribution in [0.15, 0.2) is 29.3 Å². The molecule has 2 rings (SSSR count). The van der Waals surface area contributed by atoms with Crippen LogP contribution in [0.25, 0.3) is 0 Å². The van der Waals surface area contributed by atoms with E-state index in [0.29, 0.717) is 12.6 Å². The highest BCUT2D eigenvalue weighted by molar-refractivity contribution is 14.0. The first-order valence-corrected chi connectivity index (χ1v) is 10.2. The number of aliphatic imine (C=N–C) groups is 1. The van der Waals surface area contributed by atoms with Gasteiger partial charge in [0.05, 0.1) is 12.3 Å². The zero-order chi connectivity index (χ0) is 17.6. The van der Waals surface area contributed by atoms with Crippen LogP contribution in [0.4, 0.5) is 0 Å². The fourth-order valence-electron chi connectivity index (χ4n) is 2.36. The first-order valence-electron chi connectivity index (χ1n) is 8.51. The van der Waals surface area contributed by atoms with E-state index in [1.54, 1.807) is 0 Å². The first kappa shape index (κ1) is 22.2. The maximum absolute atomic E-state index is 12.2. The van der Waals surface area contributed by atoms with E-state index >= 15 is 0 Å². The Balaban J connectivity index is 0.00000312. The Bertz CT molecular complexity index is 673. The van der Waals surface area contributed by atoms with Crippen molar-refractivity contribution >= 4 is 40.0 Å². The molecule has 0 atom stereocenters. The second-order valence-corrected chi connectivity index (χ2v) is 8.17. The lowest BCUT2D eigenvalue weighted by Gasteiger charge is -2.13. The van der Waals surface area contributed by atoms with Gasteiger partial charge in [-0.25, -0.2) is 18.1 Å². The van der Waals surface area contributed by atoms with E-state index in [-0.39, 0.29) is 35.8 Å². The van der Waals surface area contributed by atoms with Crippen LogP contribution < -0.4 is 15.4 Å². The number of halogens is 1. The predicted octanol–water partition coefficient (Wildman–Crippen LogP) is 2.35. The molecule has 6 nitrogen and oxygen atoms in total. The Morgan fingerprint density at radius 1 is 1.24 bits per heavy atom. The Kier molecular flexibility index (Phi) is 9.15. The number of nitrogens with one attached hydrogen (secondary N) is 3. The fraction of sp³-hybridized carbons (Fsp3) is 0.588. The molecule has 1 aliphatic rings. The number of rotatable bonds is 8. The zero-order valence-corrected chi connectivity index (χ0v) is 18.2. The number of sulfonamides is 1. The van der Waals surface area contributed by atoms with Crippen molar-refractivity contribution in [2.24, 2.45) is 4.99 Å². The van der Waals surface area contributed by atoms with Gasteiger partial charge in [-0.15, -0.1) is 24.0 Å². The maximum Gasteiger partial charge on any atom is 0.216 e. The lowest BCUT2D eigenvalue weighted by Crippen LogP contribution is -2.38. The topological polar surface area (TPSA) is 82.6 Å². The van der Waals surface area contributed by atoms with Crippen LogP contribution in [-0.4, -0.2) is 33.0 Å². The van der Waals surface area contributed by atoms with Gasteiger partial charge < -0.3 is 10.6 Å². The quantitative estimate of drug-likeness (QED) is 0.303. The first-order chi connectivity index (χ1) is 11.4. The van der Waals surface area contributed by atoms with Crippen molar-refractivity contribution in [3.63, 3.8) is 0 Å². The third-order valence-corrected chi connectivity index (χ3v) is 5.07. The highest BCUT2D eigenvalue weighted by atomic mass is 127. The summed E-state index contributed by atoms with van der Waals surface area (Å²) >= 11 is 0. The number of hydrogen-bond acceptors (Lipinski definition) is 3. The lowest BCUT2D eigenvalue weighted by molar-refractivity contribution is 0.569. The molecule has 0 aliphatic heterocycles. The fourth-order valence-corrected chi connectivity index (χ4v) is 3.86.